The Bertz CT molecular complexity index is 561. The van der Waals surface area contributed by atoms with Crippen LogP contribution >= 0.6 is 0 Å². The molecular weight excluding hydrogens is 224 g/mol. The summed E-state index contributed by atoms with van der Waals surface area (Å²) in [6.07, 6.45) is 0. The van der Waals surface area contributed by atoms with Crippen molar-refractivity contribution in [3.05, 3.63) is 30.0 Å². The fourth-order valence-electron chi connectivity index (χ4n) is 1.37. The van der Waals surface area contributed by atoms with Gasteiger partial charge in [0.05, 0.1) is 12.6 Å². The molecule has 0 atom stereocenters. The third-order valence-corrected chi connectivity index (χ3v) is 2.21. The fraction of sp³-hybridized carbons (Fsp3) is 0.182. The first-order valence-corrected chi connectivity index (χ1v) is 4.89. The van der Waals surface area contributed by atoms with Gasteiger partial charge in [-0.2, -0.15) is 5.10 Å². The number of carbonyl (C=O) groups excluding carboxylic acids is 2. The first kappa shape index (κ1) is 11.1. The van der Waals surface area contributed by atoms with Gasteiger partial charge in [-0.05, 0) is 6.07 Å². The van der Waals surface area contributed by atoms with E-state index >= 15 is 0 Å². The van der Waals surface area contributed by atoms with Crippen LogP contribution in [0, 0.1) is 0 Å². The van der Waals surface area contributed by atoms with Gasteiger partial charge in [0.15, 0.2) is 12.3 Å². The number of aromatic nitrogens is 2. The van der Waals surface area contributed by atoms with E-state index in [9.17, 15) is 9.59 Å². The van der Waals surface area contributed by atoms with Crippen LogP contribution in [0.5, 0.6) is 0 Å². The van der Waals surface area contributed by atoms with Gasteiger partial charge in [-0.3, -0.25) is 5.10 Å². The number of hydrogen-bond acceptors (Lipinski definition) is 5. The van der Waals surface area contributed by atoms with Crippen LogP contribution in [0.25, 0.3) is 10.9 Å². The van der Waals surface area contributed by atoms with Gasteiger partial charge in [0.2, 0.25) is 0 Å². The Kier molecular flexibility index (Phi) is 3.04. The molecule has 0 aliphatic heterocycles. The molecule has 0 spiro atoms. The molecule has 1 N–H and O–H groups in total. The number of para-hydroxylation sites is 1. The summed E-state index contributed by atoms with van der Waals surface area (Å²) in [5.41, 5.74) is 0.891. The minimum absolute atomic E-state index is 0.157. The van der Waals surface area contributed by atoms with Gasteiger partial charge in [0.1, 0.15) is 0 Å². The molecule has 0 aliphatic carbocycles. The van der Waals surface area contributed by atoms with E-state index in [2.05, 4.69) is 14.9 Å². The number of rotatable bonds is 3. The smallest absolute Gasteiger partial charge is 0.360 e. The lowest BCUT2D eigenvalue weighted by molar-refractivity contribution is -0.144. The maximum Gasteiger partial charge on any atom is 0.360 e. The van der Waals surface area contributed by atoms with Crippen LogP contribution in [0.3, 0.4) is 0 Å². The number of carbonyl (C=O) groups is 2. The average molecular weight is 234 g/mol. The number of esters is 2. The van der Waals surface area contributed by atoms with Crippen LogP contribution in [-0.2, 0) is 14.3 Å². The largest absolute Gasteiger partial charge is 0.466 e. The molecule has 0 unspecified atom stereocenters. The molecule has 1 aromatic carbocycles. The number of ether oxygens (including phenoxy) is 2. The van der Waals surface area contributed by atoms with Crippen LogP contribution in [0.15, 0.2) is 24.3 Å². The Balaban J connectivity index is 2.17. The van der Waals surface area contributed by atoms with Crippen molar-refractivity contribution in [3.63, 3.8) is 0 Å². The number of benzene rings is 1. The number of nitrogens with zero attached hydrogens (tertiary/aromatic N) is 1. The minimum Gasteiger partial charge on any atom is -0.466 e. The summed E-state index contributed by atoms with van der Waals surface area (Å²) in [5, 5.41) is 7.21. The highest BCUT2D eigenvalue weighted by molar-refractivity contribution is 6.02. The molecule has 88 valence electrons. The van der Waals surface area contributed by atoms with Crippen molar-refractivity contribution in [2.45, 2.75) is 0 Å². The van der Waals surface area contributed by atoms with Crippen molar-refractivity contribution in [1.29, 1.82) is 0 Å². The van der Waals surface area contributed by atoms with Crippen molar-refractivity contribution in [1.82, 2.24) is 10.2 Å². The van der Waals surface area contributed by atoms with Crippen LogP contribution in [0.4, 0.5) is 0 Å². The second-order valence-corrected chi connectivity index (χ2v) is 3.27. The second-order valence-electron chi connectivity index (χ2n) is 3.27. The molecule has 0 saturated carbocycles. The fourth-order valence-corrected chi connectivity index (χ4v) is 1.37. The molecule has 0 amide bonds. The number of fused-ring (bicyclic) bond motifs is 1. The molecule has 0 fully saturated rings. The van der Waals surface area contributed by atoms with Crippen molar-refractivity contribution in [2.75, 3.05) is 13.7 Å². The number of nitrogens with one attached hydrogen (secondary N) is 1. The molecule has 2 rings (SSSR count). The summed E-state index contributed by atoms with van der Waals surface area (Å²) in [6, 6.07) is 7.14. The van der Waals surface area contributed by atoms with Crippen molar-refractivity contribution in [2.24, 2.45) is 0 Å². The lowest BCUT2D eigenvalue weighted by Gasteiger charge is -2.00. The highest BCUT2D eigenvalue weighted by Gasteiger charge is 2.16. The molecule has 0 saturated heterocycles. The topological polar surface area (TPSA) is 81.3 Å². The summed E-state index contributed by atoms with van der Waals surface area (Å²) in [5.74, 6) is -1.27. The summed E-state index contributed by atoms with van der Waals surface area (Å²) < 4.78 is 9.11. The highest BCUT2D eigenvalue weighted by Crippen LogP contribution is 2.15. The van der Waals surface area contributed by atoms with Crippen LogP contribution in [0.1, 0.15) is 10.5 Å². The standard InChI is InChI=1S/C11H10N2O4/c1-16-9(14)6-17-11(15)10-7-4-2-3-5-8(7)12-13-10/h2-5H,6H2,1H3,(H,12,13). The van der Waals surface area contributed by atoms with E-state index in [-0.39, 0.29) is 5.69 Å². The molecule has 6 nitrogen and oxygen atoms in total. The van der Waals surface area contributed by atoms with Gasteiger partial charge in [0.25, 0.3) is 0 Å². The number of methoxy groups -OCH3 is 1. The molecule has 0 aliphatic rings. The van der Waals surface area contributed by atoms with E-state index < -0.39 is 18.5 Å². The van der Waals surface area contributed by atoms with Crippen LogP contribution in [-0.4, -0.2) is 35.9 Å². The minimum atomic E-state index is -0.659. The number of H-pyrrole nitrogens is 1. The predicted octanol–water partition coefficient (Wildman–Crippen LogP) is 0.893. The lowest BCUT2D eigenvalue weighted by atomic mass is 10.2. The number of aromatic amines is 1. The van der Waals surface area contributed by atoms with E-state index in [0.717, 1.165) is 5.52 Å². The van der Waals surface area contributed by atoms with E-state index in [1.54, 1.807) is 18.2 Å². The van der Waals surface area contributed by atoms with Crippen molar-refractivity contribution in [3.8, 4) is 0 Å². The Morgan fingerprint density at radius 2 is 2.12 bits per heavy atom. The summed E-state index contributed by atoms with van der Waals surface area (Å²) in [4.78, 5) is 22.4. The second kappa shape index (κ2) is 4.65. The molecule has 2 aromatic rings. The normalized spacial score (nSPS) is 10.2. The molecule has 0 radical (unpaired) electrons. The van der Waals surface area contributed by atoms with Gasteiger partial charge >= 0.3 is 11.9 Å². The lowest BCUT2D eigenvalue weighted by Crippen LogP contribution is -2.15. The summed E-state index contributed by atoms with van der Waals surface area (Å²) in [6.45, 7) is -0.420. The maximum atomic E-state index is 11.6. The Morgan fingerprint density at radius 3 is 2.88 bits per heavy atom. The number of hydrogen-bond donors (Lipinski definition) is 1. The van der Waals surface area contributed by atoms with Crippen molar-refractivity contribution >= 4 is 22.8 Å². The molecule has 1 heterocycles. The Morgan fingerprint density at radius 1 is 1.35 bits per heavy atom. The Labute approximate surface area is 96.5 Å². The maximum absolute atomic E-state index is 11.6. The average Bonchev–Trinajstić information content (AvgIpc) is 2.79. The van der Waals surface area contributed by atoms with E-state index in [1.807, 2.05) is 6.07 Å². The third-order valence-electron chi connectivity index (χ3n) is 2.21. The van der Waals surface area contributed by atoms with E-state index in [4.69, 9.17) is 4.74 Å². The van der Waals surface area contributed by atoms with Gasteiger partial charge in [-0.1, -0.05) is 18.2 Å². The molecule has 6 heteroatoms. The van der Waals surface area contributed by atoms with Crippen molar-refractivity contribution < 1.29 is 19.1 Å². The first-order valence-electron chi connectivity index (χ1n) is 4.89. The van der Waals surface area contributed by atoms with Crippen LogP contribution in [0.2, 0.25) is 0 Å². The zero-order valence-corrected chi connectivity index (χ0v) is 9.10. The van der Waals surface area contributed by atoms with Crippen LogP contribution < -0.4 is 0 Å². The van der Waals surface area contributed by atoms with E-state index in [1.165, 1.54) is 7.11 Å². The zero-order chi connectivity index (χ0) is 12.3. The quantitative estimate of drug-likeness (QED) is 0.797. The van der Waals surface area contributed by atoms with Gasteiger partial charge in [0, 0.05) is 5.39 Å². The Hall–Kier alpha value is -2.37. The van der Waals surface area contributed by atoms with Gasteiger partial charge in [-0.15, -0.1) is 0 Å². The third kappa shape index (κ3) is 2.25. The summed E-state index contributed by atoms with van der Waals surface area (Å²) in [7, 11) is 1.22. The zero-order valence-electron chi connectivity index (χ0n) is 9.10. The first-order chi connectivity index (χ1) is 8.22. The SMILES string of the molecule is COC(=O)COC(=O)c1n[nH]c2ccccc12. The van der Waals surface area contributed by atoms with Gasteiger partial charge in [-0.25, -0.2) is 9.59 Å². The highest BCUT2D eigenvalue weighted by atomic mass is 16.6. The molecular formula is C11H10N2O4. The monoisotopic (exact) mass is 234 g/mol. The van der Waals surface area contributed by atoms with E-state index in [0.29, 0.717) is 5.39 Å². The molecule has 1 aromatic heterocycles. The predicted molar refractivity (Wildman–Crippen MR) is 58.4 cm³/mol. The molecule has 17 heavy (non-hydrogen) atoms. The van der Waals surface area contributed by atoms with Gasteiger partial charge < -0.3 is 9.47 Å². The summed E-state index contributed by atoms with van der Waals surface area (Å²) >= 11 is 0. The molecule has 0 bridgehead atoms.